The highest BCUT2D eigenvalue weighted by molar-refractivity contribution is 5.84. The number of aromatic nitrogens is 2. The average Bonchev–Trinajstić information content (AvgIpc) is 3.36. The molecule has 0 aromatic carbocycles. The summed E-state index contributed by atoms with van der Waals surface area (Å²) in [5.74, 6) is 0.157. The van der Waals surface area contributed by atoms with Gasteiger partial charge in [-0.25, -0.2) is 9.97 Å². The first kappa shape index (κ1) is 18.0. The Morgan fingerprint density at radius 2 is 2.07 bits per heavy atom. The Hall–Kier alpha value is -2.37. The van der Waals surface area contributed by atoms with Crippen molar-refractivity contribution >= 4 is 17.7 Å². The normalized spacial score (nSPS) is 32.6. The van der Waals surface area contributed by atoms with Gasteiger partial charge < -0.3 is 25.1 Å². The predicted octanol–water partition coefficient (Wildman–Crippen LogP) is 0.328. The summed E-state index contributed by atoms with van der Waals surface area (Å²) in [5.41, 5.74) is 1.20. The van der Waals surface area contributed by atoms with Crippen LogP contribution in [0, 0.1) is 10.1 Å². The van der Waals surface area contributed by atoms with Crippen LogP contribution < -0.4 is 5.32 Å². The Bertz CT molecular complexity index is 740. The minimum atomic E-state index is -1.30. The number of aliphatic hydroxyl groups is 2. The van der Waals surface area contributed by atoms with Gasteiger partial charge in [0.25, 0.3) is 5.09 Å². The Morgan fingerprint density at radius 1 is 1.30 bits per heavy atom. The lowest BCUT2D eigenvalue weighted by atomic mass is 9.94. The van der Waals surface area contributed by atoms with Crippen LogP contribution in [0.2, 0.25) is 0 Å². The van der Waals surface area contributed by atoms with Gasteiger partial charge in [0.1, 0.15) is 43.0 Å². The van der Waals surface area contributed by atoms with Gasteiger partial charge in [-0.3, -0.25) is 4.99 Å². The SMILES string of the molecule is O=[N+]([O-])OC[C@H]1O[C@@H](C2C=Nc3c(NC4CCCC4)ncnc32)[C@H](O)[C@@H]1O. The maximum Gasteiger partial charge on any atom is 0.294 e. The van der Waals surface area contributed by atoms with Crippen molar-refractivity contribution < 1.29 is 24.9 Å². The van der Waals surface area contributed by atoms with Crippen LogP contribution in [0.1, 0.15) is 37.3 Å². The Morgan fingerprint density at radius 3 is 2.81 bits per heavy atom. The van der Waals surface area contributed by atoms with Crippen LogP contribution in [0.4, 0.5) is 11.5 Å². The number of ether oxygens (including phenoxy) is 1. The van der Waals surface area contributed by atoms with Crippen molar-refractivity contribution in [3.8, 4) is 0 Å². The van der Waals surface area contributed by atoms with E-state index in [1.807, 2.05) is 0 Å². The van der Waals surface area contributed by atoms with E-state index in [0.29, 0.717) is 23.2 Å². The minimum absolute atomic E-state index is 0.358. The molecule has 0 spiro atoms. The summed E-state index contributed by atoms with van der Waals surface area (Å²) in [5, 5.41) is 33.3. The quantitative estimate of drug-likeness (QED) is 0.469. The Labute approximate surface area is 154 Å². The second-order valence-corrected chi connectivity index (χ2v) is 7.03. The van der Waals surface area contributed by atoms with E-state index >= 15 is 0 Å². The standard InChI is InChI=1S/C16H21N5O6/c22-13-10(6-26-21(24)25)27-15(14(13)23)9-5-17-12-11(9)18-7-19-16(12)20-8-3-1-2-4-8/h5,7-10,13-15,22-23H,1-4,6H2,(H,18,19,20)/t9?,10-,13-,14-,15+/m1/s1. The summed E-state index contributed by atoms with van der Waals surface area (Å²) in [4.78, 5) is 27.6. The third-order valence-electron chi connectivity index (χ3n) is 5.32. The topological polar surface area (TPSA) is 152 Å². The van der Waals surface area contributed by atoms with E-state index in [9.17, 15) is 20.3 Å². The smallest absolute Gasteiger partial charge is 0.294 e. The molecule has 1 aromatic heterocycles. The molecule has 1 saturated carbocycles. The van der Waals surface area contributed by atoms with E-state index in [1.54, 1.807) is 6.21 Å². The molecule has 3 aliphatic rings. The largest absolute Gasteiger partial charge is 0.388 e. The van der Waals surface area contributed by atoms with Crippen LogP contribution in [0.5, 0.6) is 0 Å². The van der Waals surface area contributed by atoms with Crippen molar-refractivity contribution in [2.75, 3.05) is 11.9 Å². The number of hydrogen-bond donors (Lipinski definition) is 3. The predicted molar refractivity (Wildman–Crippen MR) is 92.4 cm³/mol. The zero-order valence-corrected chi connectivity index (χ0v) is 14.5. The molecule has 0 radical (unpaired) electrons. The van der Waals surface area contributed by atoms with Gasteiger partial charge in [-0.2, -0.15) is 0 Å². The first-order valence-electron chi connectivity index (χ1n) is 8.99. The lowest BCUT2D eigenvalue weighted by molar-refractivity contribution is -0.759. The first-order chi connectivity index (χ1) is 13.0. The molecule has 11 heteroatoms. The van der Waals surface area contributed by atoms with Crippen LogP contribution in [0.25, 0.3) is 0 Å². The van der Waals surface area contributed by atoms with Crippen molar-refractivity contribution in [1.29, 1.82) is 0 Å². The zero-order chi connectivity index (χ0) is 19.0. The molecule has 1 unspecified atom stereocenters. The summed E-state index contributed by atoms with van der Waals surface area (Å²) in [6, 6.07) is 0.358. The molecule has 1 saturated heterocycles. The lowest BCUT2D eigenvalue weighted by Crippen LogP contribution is -2.36. The van der Waals surface area contributed by atoms with Crippen LogP contribution in [0.15, 0.2) is 11.3 Å². The number of fused-ring (bicyclic) bond motifs is 1. The van der Waals surface area contributed by atoms with Crippen molar-refractivity contribution in [2.24, 2.45) is 4.99 Å². The molecule has 146 valence electrons. The molecule has 11 nitrogen and oxygen atoms in total. The molecular formula is C16H21N5O6. The lowest BCUT2D eigenvalue weighted by Gasteiger charge is -2.20. The molecule has 2 fully saturated rings. The maximum absolute atomic E-state index is 10.4. The van der Waals surface area contributed by atoms with Crippen molar-refractivity contribution in [3.63, 3.8) is 0 Å². The van der Waals surface area contributed by atoms with Crippen molar-refractivity contribution in [3.05, 3.63) is 22.1 Å². The minimum Gasteiger partial charge on any atom is -0.388 e. The first-order valence-corrected chi connectivity index (χ1v) is 8.99. The highest BCUT2D eigenvalue weighted by Gasteiger charge is 2.48. The number of nitrogens with one attached hydrogen (secondary N) is 1. The van der Waals surface area contributed by atoms with E-state index in [-0.39, 0.29) is 0 Å². The summed E-state index contributed by atoms with van der Waals surface area (Å²) in [6.07, 6.45) is 3.19. The second-order valence-electron chi connectivity index (χ2n) is 7.03. The van der Waals surface area contributed by atoms with Gasteiger partial charge in [0.05, 0.1) is 11.6 Å². The van der Waals surface area contributed by atoms with Gasteiger partial charge in [0.2, 0.25) is 0 Å². The summed E-state index contributed by atoms with van der Waals surface area (Å²) < 4.78 is 5.65. The molecule has 5 atom stereocenters. The monoisotopic (exact) mass is 379 g/mol. The fourth-order valence-electron chi connectivity index (χ4n) is 3.94. The van der Waals surface area contributed by atoms with Crippen molar-refractivity contribution in [1.82, 2.24) is 9.97 Å². The third kappa shape index (κ3) is 3.45. The summed E-state index contributed by atoms with van der Waals surface area (Å²) in [7, 11) is 0. The molecule has 3 heterocycles. The highest BCUT2D eigenvalue weighted by atomic mass is 17.0. The molecule has 27 heavy (non-hydrogen) atoms. The molecule has 1 aromatic rings. The molecular weight excluding hydrogens is 358 g/mol. The van der Waals surface area contributed by atoms with E-state index in [0.717, 1.165) is 12.8 Å². The van der Waals surface area contributed by atoms with Crippen LogP contribution in [-0.4, -0.2) is 68.5 Å². The summed E-state index contributed by atoms with van der Waals surface area (Å²) >= 11 is 0. The van der Waals surface area contributed by atoms with E-state index in [1.165, 1.54) is 19.2 Å². The number of nitrogens with zero attached hydrogens (tertiary/aromatic N) is 4. The van der Waals surface area contributed by atoms with Crippen LogP contribution >= 0.6 is 0 Å². The fraction of sp³-hybridized carbons (Fsp3) is 0.688. The van der Waals surface area contributed by atoms with Gasteiger partial charge in [-0.1, -0.05) is 12.8 Å². The van der Waals surface area contributed by atoms with Gasteiger partial charge in [-0.15, -0.1) is 10.1 Å². The number of anilines is 1. The number of aliphatic imine (C=N–C) groups is 1. The van der Waals surface area contributed by atoms with Gasteiger partial charge in [0, 0.05) is 12.3 Å². The fourth-order valence-corrected chi connectivity index (χ4v) is 3.94. The zero-order valence-electron chi connectivity index (χ0n) is 14.5. The number of aliphatic hydroxyl groups excluding tert-OH is 2. The molecule has 3 N–H and O–H groups in total. The third-order valence-corrected chi connectivity index (χ3v) is 5.32. The highest BCUT2D eigenvalue weighted by Crippen LogP contribution is 2.41. The van der Waals surface area contributed by atoms with E-state index in [4.69, 9.17) is 4.74 Å². The Balaban J connectivity index is 1.50. The van der Waals surface area contributed by atoms with E-state index in [2.05, 4.69) is 25.1 Å². The van der Waals surface area contributed by atoms with Gasteiger partial charge >= 0.3 is 0 Å². The number of rotatable bonds is 6. The van der Waals surface area contributed by atoms with Crippen LogP contribution in [-0.2, 0) is 9.57 Å². The molecule has 1 aliphatic carbocycles. The molecule has 0 bridgehead atoms. The molecule has 2 aliphatic heterocycles. The Kier molecular flexibility index (Phi) is 4.89. The van der Waals surface area contributed by atoms with Crippen LogP contribution in [0.3, 0.4) is 0 Å². The maximum atomic E-state index is 10.4. The number of hydrogen-bond acceptors (Lipinski definition) is 10. The molecule has 4 rings (SSSR count). The van der Waals surface area contributed by atoms with E-state index < -0.39 is 42.0 Å². The summed E-state index contributed by atoms with van der Waals surface area (Å²) in [6.45, 7) is -0.462. The van der Waals surface area contributed by atoms with Crippen molar-refractivity contribution in [2.45, 2.75) is 62.1 Å². The average molecular weight is 379 g/mol. The van der Waals surface area contributed by atoms with Gasteiger partial charge in [-0.05, 0) is 12.8 Å². The second kappa shape index (κ2) is 7.33. The van der Waals surface area contributed by atoms with Gasteiger partial charge in [0.15, 0.2) is 5.82 Å². The molecule has 0 amide bonds.